The summed E-state index contributed by atoms with van der Waals surface area (Å²) in [5, 5.41) is 0.521. The van der Waals surface area contributed by atoms with Crippen LogP contribution in [0.3, 0.4) is 0 Å². The van der Waals surface area contributed by atoms with Gasteiger partial charge in [0.1, 0.15) is 17.1 Å². The highest BCUT2D eigenvalue weighted by atomic mass is 32.1. The Labute approximate surface area is 189 Å². The van der Waals surface area contributed by atoms with E-state index in [0.717, 1.165) is 57.9 Å². The molecule has 1 aliphatic carbocycles. The molecule has 2 N–H and O–H groups in total. The SMILES string of the molecule is COc1ccc(/C=C2\CCc3c2nc2[nH]c(=S)[nH]c(=O)c2c3-c2ccc(OC)cc2)cc1. The molecule has 0 atom stereocenters. The standard InChI is InChI=1S/C25H21N3O3S/c1-30-17-8-3-14(4-9-17)13-16-7-12-19-20(15-5-10-18(31-2)11-6-15)21-23(26-22(16)19)27-25(32)28-24(21)29/h3-6,8-11,13H,7,12H2,1-2H3,(H2,26,27,28,29,32)/b16-13+. The Morgan fingerprint density at radius 1 is 0.938 bits per heavy atom. The van der Waals surface area contributed by atoms with Gasteiger partial charge in [-0.3, -0.25) is 9.78 Å². The Morgan fingerprint density at radius 3 is 2.25 bits per heavy atom. The van der Waals surface area contributed by atoms with Crippen LogP contribution in [0.4, 0.5) is 0 Å². The van der Waals surface area contributed by atoms with Crippen molar-refractivity contribution < 1.29 is 9.47 Å². The molecule has 0 amide bonds. The summed E-state index contributed by atoms with van der Waals surface area (Å²) in [6, 6.07) is 15.7. The summed E-state index contributed by atoms with van der Waals surface area (Å²) in [7, 11) is 3.29. The number of ether oxygens (including phenoxy) is 2. The van der Waals surface area contributed by atoms with Crippen LogP contribution in [-0.4, -0.2) is 29.2 Å². The number of rotatable bonds is 4. The van der Waals surface area contributed by atoms with Crippen molar-refractivity contribution in [2.45, 2.75) is 12.8 Å². The molecule has 6 nitrogen and oxygen atoms in total. The van der Waals surface area contributed by atoms with Crippen molar-refractivity contribution in [1.29, 1.82) is 0 Å². The lowest BCUT2D eigenvalue weighted by Crippen LogP contribution is -2.12. The molecule has 0 spiro atoms. The van der Waals surface area contributed by atoms with Gasteiger partial charge in [-0.1, -0.05) is 24.3 Å². The van der Waals surface area contributed by atoms with Crippen LogP contribution in [0, 0.1) is 4.77 Å². The average Bonchev–Trinajstić information content (AvgIpc) is 3.20. The number of aromatic nitrogens is 3. The number of methoxy groups -OCH3 is 2. The molecule has 0 radical (unpaired) electrons. The Balaban J connectivity index is 1.75. The van der Waals surface area contributed by atoms with Gasteiger partial charge in [0.2, 0.25) is 0 Å². The molecule has 0 fully saturated rings. The van der Waals surface area contributed by atoms with Crippen molar-refractivity contribution in [3.05, 3.63) is 80.5 Å². The molecule has 7 heteroatoms. The van der Waals surface area contributed by atoms with E-state index in [1.54, 1.807) is 14.2 Å². The lowest BCUT2D eigenvalue weighted by Gasteiger charge is -2.13. The molecule has 160 valence electrons. The van der Waals surface area contributed by atoms with Gasteiger partial charge in [-0.05, 0) is 77.7 Å². The quantitative estimate of drug-likeness (QED) is 0.426. The summed E-state index contributed by atoms with van der Waals surface area (Å²) in [5.41, 5.74) is 6.24. The van der Waals surface area contributed by atoms with Gasteiger partial charge in [0.25, 0.3) is 5.56 Å². The van der Waals surface area contributed by atoms with Crippen molar-refractivity contribution in [1.82, 2.24) is 15.0 Å². The predicted molar refractivity (Wildman–Crippen MR) is 129 cm³/mol. The molecule has 0 saturated heterocycles. The number of allylic oxidation sites excluding steroid dienone is 1. The van der Waals surface area contributed by atoms with E-state index in [0.29, 0.717) is 11.0 Å². The fourth-order valence-electron chi connectivity index (χ4n) is 4.24. The first-order chi connectivity index (χ1) is 15.6. The lowest BCUT2D eigenvalue weighted by atomic mass is 9.96. The molecule has 0 unspecified atom stereocenters. The van der Waals surface area contributed by atoms with Gasteiger partial charge in [0.05, 0.1) is 25.3 Å². The minimum Gasteiger partial charge on any atom is -0.497 e. The largest absolute Gasteiger partial charge is 0.497 e. The van der Waals surface area contributed by atoms with E-state index in [1.807, 2.05) is 48.5 Å². The molecule has 0 saturated carbocycles. The zero-order chi connectivity index (χ0) is 22.2. The molecule has 0 aliphatic heterocycles. The Bertz CT molecular complexity index is 1470. The first-order valence-corrected chi connectivity index (χ1v) is 10.7. The molecule has 5 rings (SSSR count). The Hall–Kier alpha value is -3.71. The fraction of sp³-hybridized carbons (Fsp3) is 0.160. The van der Waals surface area contributed by atoms with E-state index >= 15 is 0 Å². The van der Waals surface area contributed by atoms with Crippen LogP contribution in [0.25, 0.3) is 33.8 Å². The minimum atomic E-state index is -0.238. The number of nitrogens with one attached hydrogen (secondary N) is 2. The fourth-order valence-corrected chi connectivity index (χ4v) is 4.43. The summed E-state index contributed by atoms with van der Waals surface area (Å²) in [5.74, 6) is 1.58. The highest BCUT2D eigenvalue weighted by molar-refractivity contribution is 7.71. The minimum absolute atomic E-state index is 0.238. The lowest BCUT2D eigenvalue weighted by molar-refractivity contribution is 0.414. The molecule has 4 aromatic rings. The van der Waals surface area contributed by atoms with E-state index in [-0.39, 0.29) is 10.3 Å². The molecule has 2 heterocycles. The molecule has 0 bridgehead atoms. The van der Waals surface area contributed by atoms with E-state index in [2.05, 4.69) is 16.0 Å². The number of benzene rings is 2. The molecule has 1 aliphatic rings. The third-order valence-electron chi connectivity index (χ3n) is 5.77. The highest BCUT2D eigenvalue weighted by Gasteiger charge is 2.26. The number of aromatic amines is 2. The van der Waals surface area contributed by atoms with Gasteiger partial charge in [-0.15, -0.1) is 0 Å². The predicted octanol–water partition coefficient (Wildman–Crippen LogP) is 5.15. The van der Waals surface area contributed by atoms with Gasteiger partial charge in [-0.2, -0.15) is 0 Å². The summed E-state index contributed by atoms with van der Waals surface area (Å²) >= 11 is 5.21. The number of H-pyrrole nitrogens is 2. The third-order valence-corrected chi connectivity index (χ3v) is 5.97. The summed E-state index contributed by atoms with van der Waals surface area (Å²) in [4.78, 5) is 23.5. The molecule has 32 heavy (non-hydrogen) atoms. The number of nitrogens with zero attached hydrogens (tertiary/aromatic N) is 1. The van der Waals surface area contributed by atoms with E-state index in [1.165, 1.54) is 0 Å². The summed E-state index contributed by atoms with van der Waals surface area (Å²) in [6.07, 6.45) is 3.78. The van der Waals surface area contributed by atoms with Crippen molar-refractivity contribution >= 4 is 34.9 Å². The normalized spacial score (nSPS) is 14.0. The Morgan fingerprint density at radius 2 is 1.59 bits per heavy atom. The Kier molecular flexibility index (Phi) is 5.11. The van der Waals surface area contributed by atoms with E-state index < -0.39 is 0 Å². The second kappa shape index (κ2) is 8.09. The number of hydrogen-bond donors (Lipinski definition) is 2. The van der Waals surface area contributed by atoms with Crippen molar-refractivity contribution in [3.63, 3.8) is 0 Å². The average molecular weight is 444 g/mol. The molecule has 2 aromatic carbocycles. The van der Waals surface area contributed by atoms with Gasteiger partial charge >= 0.3 is 0 Å². The summed E-state index contributed by atoms with van der Waals surface area (Å²) < 4.78 is 10.8. The van der Waals surface area contributed by atoms with Crippen LogP contribution in [0.15, 0.2) is 53.3 Å². The van der Waals surface area contributed by atoms with Gasteiger partial charge in [0.15, 0.2) is 4.77 Å². The zero-order valence-corrected chi connectivity index (χ0v) is 18.5. The maximum Gasteiger partial charge on any atom is 0.261 e. The van der Waals surface area contributed by atoms with Crippen LogP contribution < -0.4 is 15.0 Å². The van der Waals surface area contributed by atoms with Crippen molar-refractivity contribution in [3.8, 4) is 22.6 Å². The van der Waals surface area contributed by atoms with E-state index in [9.17, 15) is 4.79 Å². The van der Waals surface area contributed by atoms with Crippen LogP contribution in [0.5, 0.6) is 11.5 Å². The smallest absolute Gasteiger partial charge is 0.261 e. The molecular weight excluding hydrogens is 422 g/mol. The number of fused-ring (bicyclic) bond motifs is 2. The van der Waals surface area contributed by atoms with Gasteiger partial charge < -0.3 is 14.5 Å². The highest BCUT2D eigenvalue weighted by Crippen LogP contribution is 2.41. The first kappa shape index (κ1) is 20.2. The van der Waals surface area contributed by atoms with Crippen LogP contribution >= 0.6 is 12.2 Å². The second-order valence-corrected chi connectivity index (χ2v) is 8.03. The summed E-state index contributed by atoms with van der Waals surface area (Å²) in [6.45, 7) is 0. The monoisotopic (exact) mass is 443 g/mol. The maximum absolute atomic E-state index is 12.9. The first-order valence-electron chi connectivity index (χ1n) is 10.3. The van der Waals surface area contributed by atoms with Crippen LogP contribution in [0.2, 0.25) is 0 Å². The topological polar surface area (TPSA) is 80.0 Å². The number of hydrogen-bond acceptors (Lipinski definition) is 5. The van der Waals surface area contributed by atoms with Crippen molar-refractivity contribution in [2.75, 3.05) is 14.2 Å². The van der Waals surface area contributed by atoms with E-state index in [4.69, 9.17) is 26.7 Å². The van der Waals surface area contributed by atoms with Crippen LogP contribution in [0.1, 0.15) is 23.2 Å². The zero-order valence-electron chi connectivity index (χ0n) is 17.7. The molecular formula is C25H21N3O3S. The van der Waals surface area contributed by atoms with Crippen LogP contribution in [-0.2, 0) is 6.42 Å². The second-order valence-electron chi connectivity index (χ2n) is 7.62. The third kappa shape index (κ3) is 3.50. The van der Waals surface area contributed by atoms with Gasteiger partial charge in [-0.25, -0.2) is 4.98 Å². The van der Waals surface area contributed by atoms with Gasteiger partial charge in [0, 0.05) is 5.56 Å². The maximum atomic E-state index is 12.9. The molecule has 2 aromatic heterocycles. The van der Waals surface area contributed by atoms with Crippen molar-refractivity contribution in [2.24, 2.45) is 0 Å². The number of pyridine rings is 1.